The van der Waals surface area contributed by atoms with E-state index >= 15 is 0 Å². The van der Waals surface area contributed by atoms with Gasteiger partial charge in [-0.3, -0.25) is 9.89 Å². The van der Waals surface area contributed by atoms with Gasteiger partial charge in [-0.2, -0.15) is 5.10 Å². The topological polar surface area (TPSA) is 72.1 Å². The van der Waals surface area contributed by atoms with Gasteiger partial charge in [-0.25, -0.2) is 0 Å². The number of hydrogen-bond acceptors (Lipinski definition) is 4. The zero-order valence-electron chi connectivity index (χ0n) is 9.46. The van der Waals surface area contributed by atoms with Crippen LogP contribution in [0.15, 0.2) is 47.3 Å². The Morgan fingerprint density at radius 3 is 3.00 bits per heavy atom. The quantitative estimate of drug-likeness (QED) is 0.822. The van der Waals surface area contributed by atoms with Crippen LogP contribution in [-0.2, 0) is 0 Å². The molecule has 1 N–H and O–H groups in total. The lowest BCUT2D eigenvalue weighted by Gasteiger charge is -2.32. The summed E-state index contributed by atoms with van der Waals surface area (Å²) in [5, 5.41) is 19.8. The minimum absolute atomic E-state index is 0.160. The third-order valence-electron chi connectivity index (χ3n) is 2.85. The van der Waals surface area contributed by atoms with Crippen LogP contribution in [0.1, 0.15) is 5.69 Å². The van der Waals surface area contributed by atoms with Crippen LogP contribution in [0.4, 0.5) is 0 Å². The van der Waals surface area contributed by atoms with Crippen molar-refractivity contribution in [3.05, 3.63) is 63.6 Å². The van der Waals surface area contributed by atoms with Gasteiger partial charge in [-0.1, -0.05) is 24.3 Å². The van der Waals surface area contributed by atoms with Gasteiger partial charge < -0.3 is 10.3 Å². The maximum atomic E-state index is 12.3. The molecule has 2 aromatic rings. The Hall–Kier alpha value is -2.40. The third kappa shape index (κ3) is 1.61. The lowest BCUT2D eigenvalue weighted by Crippen LogP contribution is -2.23. The Morgan fingerprint density at radius 2 is 2.17 bits per heavy atom. The summed E-state index contributed by atoms with van der Waals surface area (Å²) >= 11 is 0. The van der Waals surface area contributed by atoms with Crippen molar-refractivity contribution in [1.82, 2.24) is 15.3 Å². The number of hydroxylamine groups is 2. The molecule has 0 atom stereocenters. The van der Waals surface area contributed by atoms with Crippen molar-refractivity contribution in [2.45, 2.75) is 0 Å². The van der Waals surface area contributed by atoms with E-state index in [2.05, 4.69) is 10.2 Å². The highest BCUT2D eigenvalue weighted by molar-refractivity contribution is 5.81. The number of fused-ring (bicyclic) bond motifs is 1. The van der Waals surface area contributed by atoms with Crippen LogP contribution in [0, 0.1) is 5.21 Å². The van der Waals surface area contributed by atoms with Crippen LogP contribution in [-0.4, -0.2) is 21.8 Å². The van der Waals surface area contributed by atoms with E-state index in [0.717, 1.165) is 5.06 Å². The van der Waals surface area contributed by atoms with Gasteiger partial charge in [-0.05, 0) is 18.2 Å². The summed E-state index contributed by atoms with van der Waals surface area (Å²) in [7, 11) is 0. The molecule has 0 saturated heterocycles. The molecule has 2 heterocycles. The average molecular weight is 240 g/mol. The van der Waals surface area contributed by atoms with Crippen molar-refractivity contribution in [3.63, 3.8) is 0 Å². The number of benzene rings is 1. The highest BCUT2D eigenvalue weighted by Gasteiger charge is 2.13. The molecule has 0 unspecified atom stereocenters. The molecule has 18 heavy (non-hydrogen) atoms. The number of rotatable bonds is 1. The van der Waals surface area contributed by atoms with Crippen LogP contribution in [0.2, 0.25) is 0 Å². The number of nitrogens with zero attached hydrogens (tertiary/aromatic N) is 2. The molecule has 1 aliphatic rings. The maximum Gasteiger partial charge on any atom is 0.217 e. The molecule has 1 aliphatic heterocycles. The van der Waals surface area contributed by atoms with Crippen molar-refractivity contribution in [3.8, 4) is 0 Å². The first-order valence-corrected chi connectivity index (χ1v) is 5.56. The van der Waals surface area contributed by atoms with E-state index in [4.69, 9.17) is 0 Å². The van der Waals surface area contributed by atoms with Gasteiger partial charge >= 0.3 is 0 Å². The smallest absolute Gasteiger partial charge is 0.217 e. The van der Waals surface area contributed by atoms with Gasteiger partial charge in [0.05, 0.1) is 11.2 Å². The SMILES string of the molecule is O=c1c(C2=CC=CCN2[O-])n[nH]c2ccccc12. The first-order valence-electron chi connectivity index (χ1n) is 5.56. The summed E-state index contributed by atoms with van der Waals surface area (Å²) in [6, 6.07) is 7.10. The molecule has 90 valence electrons. The standard InChI is InChI=1S/C13H10N3O2/c17-13-9-5-1-2-6-10(9)14-15-12(13)11-7-3-4-8-16(11)18/h1-7H,8H2,(H,14,17)/q-1. The van der Waals surface area contributed by atoms with Crippen molar-refractivity contribution in [2.24, 2.45) is 0 Å². The van der Waals surface area contributed by atoms with Crippen LogP contribution in [0.25, 0.3) is 16.6 Å². The Bertz CT molecular complexity index is 715. The van der Waals surface area contributed by atoms with E-state index in [-0.39, 0.29) is 17.7 Å². The summed E-state index contributed by atoms with van der Waals surface area (Å²) in [5.41, 5.74) is 0.889. The summed E-state index contributed by atoms with van der Waals surface area (Å²) in [4.78, 5) is 12.3. The summed E-state index contributed by atoms with van der Waals surface area (Å²) < 4.78 is 0. The molecule has 0 fully saturated rings. The first-order chi connectivity index (χ1) is 8.77. The monoisotopic (exact) mass is 240 g/mol. The zero-order chi connectivity index (χ0) is 12.5. The molecule has 5 nitrogen and oxygen atoms in total. The molecule has 1 aromatic heterocycles. The van der Waals surface area contributed by atoms with Crippen LogP contribution in [0.5, 0.6) is 0 Å². The Labute approximate surface area is 103 Å². The van der Waals surface area contributed by atoms with Crippen LogP contribution >= 0.6 is 0 Å². The Balaban J connectivity index is 2.25. The second kappa shape index (κ2) is 4.12. The molecular weight excluding hydrogens is 230 g/mol. The Kier molecular flexibility index (Phi) is 2.46. The van der Waals surface area contributed by atoms with Gasteiger partial charge in [0.2, 0.25) is 5.43 Å². The van der Waals surface area contributed by atoms with Gasteiger partial charge in [0.1, 0.15) is 0 Å². The van der Waals surface area contributed by atoms with E-state index in [0.29, 0.717) is 16.6 Å². The molecule has 0 spiro atoms. The predicted octanol–water partition coefficient (Wildman–Crippen LogP) is 1.63. The average Bonchev–Trinajstić information content (AvgIpc) is 2.41. The lowest BCUT2D eigenvalue weighted by molar-refractivity contribution is 0.586. The van der Waals surface area contributed by atoms with Crippen molar-refractivity contribution in [2.75, 3.05) is 6.54 Å². The van der Waals surface area contributed by atoms with Crippen molar-refractivity contribution < 1.29 is 0 Å². The summed E-state index contributed by atoms with van der Waals surface area (Å²) in [6.45, 7) is 0.236. The first kappa shape index (κ1) is 10.7. The second-order valence-corrected chi connectivity index (χ2v) is 3.99. The predicted molar refractivity (Wildman–Crippen MR) is 69.6 cm³/mol. The number of H-pyrrole nitrogens is 1. The van der Waals surface area contributed by atoms with Gasteiger partial charge in [0.15, 0.2) is 5.69 Å². The van der Waals surface area contributed by atoms with E-state index in [1.165, 1.54) is 0 Å². The van der Waals surface area contributed by atoms with Crippen LogP contribution < -0.4 is 5.43 Å². The molecule has 0 amide bonds. The van der Waals surface area contributed by atoms with Gasteiger partial charge in [0.25, 0.3) is 0 Å². The second-order valence-electron chi connectivity index (χ2n) is 3.99. The van der Waals surface area contributed by atoms with Gasteiger partial charge in [0, 0.05) is 11.9 Å². The number of nitrogens with one attached hydrogen (secondary N) is 1. The molecule has 0 saturated carbocycles. The molecule has 0 bridgehead atoms. The molecular formula is C13H10N3O2-. The molecule has 5 heteroatoms. The molecule has 0 aliphatic carbocycles. The van der Waals surface area contributed by atoms with E-state index in [9.17, 15) is 10.0 Å². The fraction of sp³-hybridized carbons (Fsp3) is 0.0769. The highest BCUT2D eigenvalue weighted by Crippen LogP contribution is 2.17. The lowest BCUT2D eigenvalue weighted by atomic mass is 10.1. The summed E-state index contributed by atoms with van der Waals surface area (Å²) in [5.74, 6) is 0. The van der Waals surface area contributed by atoms with E-state index in [1.54, 1.807) is 36.4 Å². The minimum atomic E-state index is -0.230. The van der Waals surface area contributed by atoms with Crippen molar-refractivity contribution in [1.29, 1.82) is 0 Å². The number of aromatic amines is 1. The maximum absolute atomic E-state index is 12.3. The van der Waals surface area contributed by atoms with Crippen molar-refractivity contribution >= 4 is 16.6 Å². The summed E-state index contributed by atoms with van der Waals surface area (Å²) in [6.07, 6.45) is 5.08. The normalized spacial score (nSPS) is 14.9. The van der Waals surface area contributed by atoms with Gasteiger partial charge in [-0.15, -0.1) is 0 Å². The van der Waals surface area contributed by atoms with Crippen LogP contribution in [0.3, 0.4) is 0 Å². The third-order valence-corrected chi connectivity index (χ3v) is 2.85. The molecule has 1 aromatic carbocycles. The van der Waals surface area contributed by atoms with E-state index in [1.807, 2.05) is 6.07 Å². The number of hydrogen-bond donors (Lipinski definition) is 1. The number of aromatic nitrogens is 2. The zero-order valence-corrected chi connectivity index (χ0v) is 9.46. The minimum Gasteiger partial charge on any atom is -0.758 e. The van der Waals surface area contributed by atoms with E-state index < -0.39 is 0 Å². The molecule has 0 radical (unpaired) electrons. The molecule has 3 rings (SSSR count). The fourth-order valence-electron chi connectivity index (χ4n) is 1.94. The largest absolute Gasteiger partial charge is 0.758 e. The number of allylic oxidation sites excluding steroid dienone is 2. The Morgan fingerprint density at radius 1 is 1.33 bits per heavy atom. The fourth-order valence-corrected chi connectivity index (χ4v) is 1.94. The highest BCUT2D eigenvalue weighted by atomic mass is 16.5. The number of para-hydroxylation sites is 1.